The Bertz CT molecular complexity index is 467. The maximum atomic E-state index is 10.7. The Morgan fingerprint density at radius 2 is 1.85 bits per heavy atom. The van der Waals surface area contributed by atoms with Gasteiger partial charge in [0.2, 0.25) is 0 Å². The Morgan fingerprint density at radius 3 is 2.40 bits per heavy atom. The molecule has 0 aromatic heterocycles. The molecule has 0 radical (unpaired) electrons. The standard InChI is InChI=1S/C16H23NO3/c1-12(6-9-18)13-10-16(20-3)14(11-15(13)19-2)17-7-4-5-8-17/h9-12H,4-8H2,1-3H3. The molecule has 4 nitrogen and oxygen atoms in total. The molecule has 0 aliphatic carbocycles. The average molecular weight is 277 g/mol. The predicted molar refractivity (Wildman–Crippen MR) is 80.1 cm³/mol. The number of ether oxygens (including phenoxy) is 2. The van der Waals surface area contributed by atoms with E-state index in [2.05, 4.69) is 4.90 Å². The van der Waals surface area contributed by atoms with Gasteiger partial charge in [-0.25, -0.2) is 0 Å². The van der Waals surface area contributed by atoms with Crippen molar-refractivity contribution in [3.05, 3.63) is 17.7 Å². The number of nitrogens with zero attached hydrogens (tertiary/aromatic N) is 1. The first kappa shape index (κ1) is 14.7. The predicted octanol–water partition coefficient (Wildman–Crippen LogP) is 3.00. The molecule has 110 valence electrons. The molecule has 0 spiro atoms. The van der Waals surface area contributed by atoms with E-state index in [1.165, 1.54) is 12.8 Å². The Morgan fingerprint density at radius 1 is 1.20 bits per heavy atom. The van der Waals surface area contributed by atoms with E-state index in [-0.39, 0.29) is 5.92 Å². The molecule has 1 aliphatic heterocycles. The second kappa shape index (κ2) is 6.64. The lowest BCUT2D eigenvalue weighted by Crippen LogP contribution is -2.18. The molecule has 1 fully saturated rings. The van der Waals surface area contributed by atoms with E-state index in [1.54, 1.807) is 14.2 Å². The van der Waals surface area contributed by atoms with Crippen LogP contribution in [0.1, 0.15) is 37.7 Å². The minimum Gasteiger partial charge on any atom is -0.496 e. The lowest BCUT2D eigenvalue weighted by atomic mass is 9.96. The van der Waals surface area contributed by atoms with Crippen LogP contribution in [-0.2, 0) is 4.79 Å². The summed E-state index contributed by atoms with van der Waals surface area (Å²) in [6.07, 6.45) is 3.87. The monoisotopic (exact) mass is 277 g/mol. The minimum absolute atomic E-state index is 0.129. The first-order chi connectivity index (χ1) is 9.71. The summed E-state index contributed by atoms with van der Waals surface area (Å²) in [6, 6.07) is 4.06. The average Bonchev–Trinajstić information content (AvgIpc) is 3.00. The van der Waals surface area contributed by atoms with Crippen LogP contribution in [0, 0.1) is 0 Å². The number of hydrogen-bond acceptors (Lipinski definition) is 4. The molecule has 1 aromatic rings. The summed E-state index contributed by atoms with van der Waals surface area (Å²) in [4.78, 5) is 13.1. The number of carbonyl (C=O) groups is 1. The van der Waals surface area contributed by atoms with Gasteiger partial charge < -0.3 is 19.2 Å². The number of hydrogen-bond donors (Lipinski definition) is 0. The van der Waals surface area contributed by atoms with Gasteiger partial charge in [-0.15, -0.1) is 0 Å². The van der Waals surface area contributed by atoms with Crippen molar-refractivity contribution in [2.75, 3.05) is 32.2 Å². The Hall–Kier alpha value is -1.71. The molecule has 0 amide bonds. The fraction of sp³-hybridized carbons (Fsp3) is 0.562. The second-order valence-corrected chi connectivity index (χ2v) is 5.26. The topological polar surface area (TPSA) is 38.8 Å². The molecule has 1 atom stereocenters. The molecular formula is C16H23NO3. The van der Waals surface area contributed by atoms with E-state index >= 15 is 0 Å². The highest BCUT2D eigenvalue weighted by Crippen LogP contribution is 2.40. The third kappa shape index (κ3) is 2.89. The molecule has 1 saturated heterocycles. The van der Waals surface area contributed by atoms with Gasteiger partial charge in [-0.1, -0.05) is 6.92 Å². The minimum atomic E-state index is 0.129. The van der Waals surface area contributed by atoms with Crippen molar-refractivity contribution in [2.45, 2.75) is 32.1 Å². The second-order valence-electron chi connectivity index (χ2n) is 5.26. The van der Waals surface area contributed by atoms with Gasteiger partial charge in [0, 0.05) is 31.1 Å². The van der Waals surface area contributed by atoms with Gasteiger partial charge in [-0.3, -0.25) is 0 Å². The van der Waals surface area contributed by atoms with Crippen LogP contribution < -0.4 is 14.4 Å². The molecule has 2 rings (SSSR count). The molecule has 0 N–H and O–H groups in total. The largest absolute Gasteiger partial charge is 0.496 e. The number of methoxy groups -OCH3 is 2. The molecular weight excluding hydrogens is 254 g/mol. The maximum absolute atomic E-state index is 10.7. The summed E-state index contributed by atoms with van der Waals surface area (Å²) in [7, 11) is 3.36. The van der Waals surface area contributed by atoms with Gasteiger partial charge in [0.15, 0.2) is 0 Å². The van der Waals surface area contributed by atoms with Crippen LogP contribution in [-0.4, -0.2) is 33.6 Å². The summed E-state index contributed by atoms with van der Waals surface area (Å²) in [5.41, 5.74) is 2.11. The Balaban J connectivity index is 2.41. The van der Waals surface area contributed by atoms with E-state index in [9.17, 15) is 4.79 Å². The van der Waals surface area contributed by atoms with Gasteiger partial charge in [-0.05, 0) is 24.8 Å². The molecule has 1 unspecified atom stereocenters. The smallest absolute Gasteiger partial charge is 0.142 e. The SMILES string of the molecule is COc1cc(N2CCCC2)c(OC)cc1C(C)CC=O. The van der Waals surface area contributed by atoms with Gasteiger partial charge in [-0.2, -0.15) is 0 Å². The van der Waals surface area contributed by atoms with Crippen molar-refractivity contribution in [3.63, 3.8) is 0 Å². The summed E-state index contributed by atoms with van der Waals surface area (Å²) >= 11 is 0. The zero-order valence-corrected chi connectivity index (χ0v) is 12.5. The van der Waals surface area contributed by atoms with Crippen LogP contribution in [0.3, 0.4) is 0 Å². The molecule has 1 aliphatic rings. The van der Waals surface area contributed by atoms with E-state index in [0.717, 1.165) is 42.1 Å². The van der Waals surface area contributed by atoms with Crippen LogP contribution in [0.15, 0.2) is 12.1 Å². The number of carbonyl (C=O) groups excluding carboxylic acids is 1. The zero-order valence-electron chi connectivity index (χ0n) is 12.5. The van der Waals surface area contributed by atoms with Gasteiger partial charge in [0.25, 0.3) is 0 Å². The lowest BCUT2D eigenvalue weighted by molar-refractivity contribution is -0.108. The lowest BCUT2D eigenvalue weighted by Gasteiger charge is -2.24. The molecule has 0 saturated carbocycles. The first-order valence-corrected chi connectivity index (χ1v) is 7.15. The van der Waals surface area contributed by atoms with Gasteiger partial charge in [0.1, 0.15) is 17.8 Å². The highest BCUT2D eigenvalue weighted by molar-refractivity contribution is 5.65. The van der Waals surface area contributed by atoms with Crippen molar-refractivity contribution in [1.82, 2.24) is 0 Å². The van der Waals surface area contributed by atoms with Crippen LogP contribution in [0.2, 0.25) is 0 Å². The van der Waals surface area contributed by atoms with Crippen molar-refractivity contribution in [3.8, 4) is 11.5 Å². The number of rotatable bonds is 6. The summed E-state index contributed by atoms with van der Waals surface area (Å²) < 4.78 is 11.1. The number of anilines is 1. The van der Waals surface area contributed by atoms with Gasteiger partial charge in [0.05, 0.1) is 19.9 Å². The number of benzene rings is 1. The van der Waals surface area contributed by atoms with Crippen LogP contribution in [0.4, 0.5) is 5.69 Å². The van der Waals surface area contributed by atoms with Crippen molar-refractivity contribution < 1.29 is 14.3 Å². The zero-order chi connectivity index (χ0) is 14.5. The van der Waals surface area contributed by atoms with E-state index in [4.69, 9.17) is 9.47 Å². The van der Waals surface area contributed by atoms with Crippen LogP contribution in [0.5, 0.6) is 11.5 Å². The molecule has 4 heteroatoms. The Labute approximate surface area is 120 Å². The van der Waals surface area contributed by atoms with Crippen molar-refractivity contribution in [2.24, 2.45) is 0 Å². The normalized spacial score (nSPS) is 16.1. The van der Waals surface area contributed by atoms with E-state index in [1.807, 2.05) is 19.1 Å². The van der Waals surface area contributed by atoms with Crippen LogP contribution in [0.25, 0.3) is 0 Å². The third-order valence-electron chi connectivity index (χ3n) is 3.96. The van der Waals surface area contributed by atoms with E-state index < -0.39 is 0 Å². The quantitative estimate of drug-likeness (QED) is 0.749. The Kier molecular flexibility index (Phi) is 4.88. The molecule has 20 heavy (non-hydrogen) atoms. The highest BCUT2D eigenvalue weighted by atomic mass is 16.5. The third-order valence-corrected chi connectivity index (χ3v) is 3.96. The van der Waals surface area contributed by atoms with E-state index in [0.29, 0.717) is 6.42 Å². The number of aldehydes is 1. The van der Waals surface area contributed by atoms with Crippen molar-refractivity contribution in [1.29, 1.82) is 0 Å². The van der Waals surface area contributed by atoms with Gasteiger partial charge >= 0.3 is 0 Å². The van der Waals surface area contributed by atoms with Crippen LogP contribution >= 0.6 is 0 Å². The fourth-order valence-corrected chi connectivity index (χ4v) is 2.77. The highest BCUT2D eigenvalue weighted by Gasteiger charge is 2.21. The maximum Gasteiger partial charge on any atom is 0.142 e. The molecule has 1 heterocycles. The molecule has 1 aromatic carbocycles. The van der Waals surface area contributed by atoms with Crippen molar-refractivity contribution >= 4 is 12.0 Å². The molecule has 0 bridgehead atoms. The first-order valence-electron chi connectivity index (χ1n) is 7.15. The summed E-state index contributed by atoms with van der Waals surface area (Å²) in [6.45, 7) is 4.15. The summed E-state index contributed by atoms with van der Waals surface area (Å²) in [5, 5.41) is 0. The fourth-order valence-electron chi connectivity index (χ4n) is 2.77. The summed E-state index contributed by atoms with van der Waals surface area (Å²) in [5.74, 6) is 1.83.